The molecule has 1 aliphatic rings. The van der Waals surface area contributed by atoms with Gasteiger partial charge in [-0.3, -0.25) is 4.79 Å². The van der Waals surface area contributed by atoms with E-state index in [-0.39, 0.29) is 22.7 Å². The third-order valence-corrected chi connectivity index (χ3v) is 4.48. The van der Waals surface area contributed by atoms with Gasteiger partial charge in [-0.25, -0.2) is 14.6 Å². The van der Waals surface area contributed by atoms with E-state index < -0.39 is 11.9 Å². The van der Waals surface area contributed by atoms with E-state index in [0.717, 1.165) is 11.1 Å². The van der Waals surface area contributed by atoms with E-state index in [1.165, 1.54) is 14.2 Å². The Morgan fingerprint density at radius 1 is 0.846 bits per heavy atom. The summed E-state index contributed by atoms with van der Waals surface area (Å²) in [5, 5.41) is 0.965. The first-order valence-electron chi connectivity index (χ1n) is 7.86. The quantitative estimate of drug-likeness (QED) is 0.518. The largest absolute Gasteiger partial charge is 0.465 e. The Kier molecular flexibility index (Phi) is 3.54. The predicted octanol–water partition coefficient (Wildman–Crippen LogP) is 3.02. The van der Waals surface area contributed by atoms with Gasteiger partial charge in [-0.2, -0.15) is 0 Å². The van der Waals surface area contributed by atoms with E-state index in [2.05, 4.69) is 4.98 Å². The summed E-state index contributed by atoms with van der Waals surface area (Å²) >= 11 is 0. The van der Waals surface area contributed by atoms with Crippen molar-refractivity contribution in [2.45, 2.75) is 0 Å². The molecule has 0 N–H and O–H groups in total. The van der Waals surface area contributed by atoms with E-state index in [1.807, 2.05) is 18.2 Å². The average molecular weight is 347 g/mol. The Bertz CT molecular complexity index is 1120. The van der Waals surface area contributed by atoms with E-state index in [4.69, 9.17) is 9.47 Å². The SMILES string of the molecule is COC(=O)c1nc2c3c(cccc3c1C(=O)OC)-c1ccccc1C2=O. The van der Waals surface area contributed by atoms with Crippen LogP contribution in [-0.4, -0.2) is 36.9 Å². The monoisotopic (exact) mass is 347 g/mol. The second-order valence-electron chi connectivity index (χ2n) is 5.77. The molecule has 6 nitrogen and oxygen atoms in total. The van der Waals surface area contributed by atoms with Crippen LogP contribution in [0.4, 0.5) is 0 Å². The number of benzene rings is 2. The number of methoxy groups -OCH3 is 2. The average Bonchev–Trinajstić information content (AvgIpc) is 2.69. The van der Waals surface area contributed by atoms with Crippen LogP contribution in [0.5, 0.6) is 0 Å². The third-order valence-electron chi connectivity index (χ3n) is 4.48. The molecule has 0 atom stereocenters. The minimum absolute atomic E-state index is 0.00729. The van der Waals surface area contributed by atoms with Crippen molar-refractivity contribution in [2.24, 2.45) is 0 Å². The minimum atomic E-state index is -0.805. The molecule has 2 aromatic carbocycles. The highest BCUT2D eigenvalue weighted by Gasteiger charge is 2.32. The van der Waals surface area contributed by atoms with Crippen molar-refractivity contribution in [3.63, 3.8) is 0 Å². The number of ether oxygens (including phenoxy) is 2. The number of carbonyl (C=O) groups excluding carboxylic acids is 3. The first-order valence-corrected chi connectivity index (χ1v) is 7.86. The molecule has 6 heteroatoms. The lowest BCUT2D eigenvalue weighted by atomic mass is 9.84. The van der Waals surface area contributed by atoms with Crippen molar-refractivity contribution in [1.82, 2.24) is 4.98 Å². The summed E-state index contributed by atoms with van der Waals surface area (Å²) in [4.78, 5) is 41.8. The highest BCUT2D eigenvalue weighted by Crippen LogP contribution is 2.40. The maximum absolute atomic E-state index is 13.0. The molecular formula is C20H13NO5. The number of hydrogen-bond acceptors (Lipinski definition) is 6. The zero-order valence-corrected chi connectivity index (χ0v) is 14.0. The smallest absolute Gasteiger partial charge is 0.357 e. The zero-order valence-electron chi connectivity index (χ0n) is 14.0. The number of fused-ring (bicyclic) bond motifs is 2. The summed E-state index contributed by atoms with van der Waals surface area (Å²) in [6.07, 6.45) is 0. The topological polar surface area (TPSA) is 82.6 Å². The highest BCUT2D eigenvalue weighted by molar-refractivity contribution is 6.27. The summed E-state index contributed by atoms with van der Waals surface area (Å²) in [7, 11) is 2.41. The summed E-state index contributed by atoms with van der Waals surface area (Å²) in [6, 6.07) is 12.5. The number of carbonyl (C=O) groups is 3. The maximum atomic E-state index is 13.0. The van der Waals surface area contributed by atoms with Crippen LogP contribution in [0.25, 0.3) is 21.9 Å². The van der Waals surface area contributed by atoms with E-state index in [1.54, 1.807) is 24.3 Å². The molecule has 1 aromatic heterocycles. The lowest BCUT2D eigenvalue weighted by molar-refractivity contribution is 0.0551. The highest BCUT2D eigenvalue weighted by atomic mass is 16.5. The molecule has 128 valence electrons. The molecule has 0 fully saturated rings. The van der Waals surface area contributed by atoms with Crippen LogP contribution in [0.3, 0.4) is 0 Å². The number of rotatable bonds is 2. The van der Waals surface area contributed by atoms with E-state index in [9.17, 15) is 14.4 Å². The van der Waals surface area contributed by atoms with Crippen LogP contribution in [0.15, 0.2) is 42.5 Å². The summed E-state index contributed by atoms with van der Waals surface area (Å²) in [6.45, 7) is 0. The number of pyridine rings is 1. The zero-order chi connectivity index (χ0) is 18.4. The standard InChI is InChI=1S/C20H13NO5/c1-25-19(23)15-13-9-5-8-11-10-6-3-4-7-12(10)18(22)16(14(11)13)21-17(15)20(24)26-2/h3-9H,1-2H3. The molecule has 4 rings (SSSR count). The number of nitrogens with zero attached hydrogens (tertiary/aromatic N) is 1. The Morgan fingerprint density at radius 3 is 2.19 bits per heavy atom. The Hall–Kier alpha value is -3.54. The molecule has 0 amide bonds. The molecule has 0 saturated heterocycles. The fourth-order valence-electron chi connectivity index (χ4n) is 3.35. The molecule has 0 saturated carbocycles. The number of esters is 2. The van der Waals surface area contributed by atoms with Crippen molar-refractivity contribution in [2.75, 3.05) is 14.2 Å². The van der Waals surface area contributed by atoms with Gasteiger partial charge in [0.25, 0.3) is 0 Å². The lowest BCUT2D eigenvalue weighted by Crippen LogP contribution is -2.20. The van der Waals surface area contributed by atoms with Crippen molar-refractivity contribution in [1.29, 1.82) is 0 Å². The first-order chi connectivity index (χ1) is 12.6. The minimum Gasteiger partial charge on any atom is -0.465 e. The molecule has 1 aliphatic carbocycles. The molecule has 0 unspecified atom stereocenters. The van der Waals surface area contributed by atoms with Crippen LogP contribution >= 0.6 is 0 Å². The lowest BCUT2D eigenvalue weighted by Gasteiger charge is -2.21. The number of ketones is 1. The van der Waals surface area contributed by atoms with Gasteiger partial charge in [0.05, 0.1) is 14.2 Å². The fraction of sp³-hybridized carbons (Fsp3) is 0.100. The Balaban J connectivity index is 2.21. The molecule has 0 spiro atoms. The number of aromatic nitrogens is 1. The second-order valence-corrected chi connectivity index (χ2v) is 5.77. The Labute approximate surface area is 148 Å². The molecule has 1 heterocycles. The van der Waals surface area contributed by atoms with Crippen LogP contribution in [-0.2, 0) is 9.47 Å². The van der Waals surface area contributed by atoms with Crippen LogP contribution in [0, 0.1) is 0 Å². The first kappa shape index (κ1) is 16.0. The molecular weight excluding hydrogens is 334 g/mol. The predicted molar refractivity (Wildman–Crippen MR) is 93.3 cm³/mol. The molecule has 0 bridgehead atoms. The normalized spacial score (nSPS) is 11.8. The van der Waals surface area contributed by atoms with Gasteiger partial charge in [0.15, 0.2) is 5.69 Å². The fourth-order valence-corrected chi connectivity index (χ4v) is 3.35. The summed E-state index contributed by atoms with van der Waals surface area (Å²) < 4.78 is 9.59. The van der Waals surface area contributed by atoms with Crippen molar-refractivity contribution in [3.05, 3.63) is 65.0 Å². The summed E-state index contributed by atoms with van der Waals surface area (Å²) in [5.74, 6) is -1.82. The molecule has 3 aromatic rings. The van der Waals surface area contributed by atoms with Gasteiger partial charge < -0.3 is 9.47 Å². The van der Waals surface area contributed by atoms with E-state index >= 15 is 0 Å². The van der Waals surface area contributed by atoms with Crippen LogP contribution in [0.1, 0.15) is 36.9 Å². The third kappa shape index (κ3) is 2.05. The molecule has 0 aliphatic heterocycles. The summed E-state index contributed by atoms with van der Waals surface area (Å²) in [5.41, 5.74) is 1.93. The van der Waals surface area contributed by atoms with Crippen LogP contribution < -0.4 is 0 Å². The van der Waals surface area contributed by atoms with E-state index in [0.29, 0.717) is 16.3 Å². The van der Waals surface area contributed by atoms with Gasteiger partial charge in [0.1, 0.15) is 11.3 Å². The second kappa shape index (κ2) is 5.77. The van der Waals surface area contributed by atoms with Gasteiger partial charge in [-0.15, -0.1) is 0 Å². The number of hydrogen-bond donors (Lipinski definition) is 0. The van der Waals surface area contributed by atoms with Gasteiger partial charge in [0, 0.05) is 16.3 Å². The van der Waals surface area contributed by atoms with Gasteiger partial charge in [-0.1, -0.05) is 42.5 Å². The van der Waals surface area contributed by atoms with Gasteiger partial charge in [-0.05, 0) is 11.1 Å². The van der Waals surface area contributed by atoms with Crippen LogP contribution in [0.2, 0.25) is 0 Å². The van der Waals surface area contributed by atoms with Crippen molar-refractivity contribution < 1.29 is 23.9 Å². The van der Waals surface area contributed by atoms with Gasteiger partial charge >= 0.3 is 11.9 Å². The van der Waals surface area contributed by atoms with Crippen molar-refractivity contribution >= 4 is 28.5 Å². The maximum Gasteiger partial charge on any atom is 0.357 e. The molecule has 0 radical (unpaired) electrons. The van der Waals surface area contributed by atoms with Gasteiger partial charge in [0.2, 0.25) is 5.78 Å². The van der Waals surface area contributed by atoms with Crippen molar-refractivity contribution in [3.8, 4) is 11.1 Å². The Morgan fingerprint density at radius 2 is 1.50 bits per heavy atom. The molecule has 26 heavy (non-hydrogen) atoms.